The minimum atomic E-state index is -1.80. The topological polar surface area (TPSA) is 114 Å². The highest BCUT2D eigenvalue weighted by atomic mass is 19.1. The number of hydrogen-bond acceptors (Lipinski definition) is 6. The van der Waals surface area contributed by atoms with E-state index < -0.39 is 42.0 Å². The monoisotopic (exact) mass is 379 g/mol. The van der Waals surface area contributed by atoms with Crippen LogP contribution in [0.4, 0.5) is 19.7 Å². The summed E-state index contributed by atoms with van der Waals surface area (Å²) < 4.78 is 24.8. The molecule has 144 valence electrons. The van der Waals surface area contributed by atoms with E-state index >= 15 is 0 Å². The molecule has 1 heterocycles. The zero-order chi connectivity index (χ0) is 19.8. The van der Waals surface area contributed by atoms with Gasteiger partial charge in [0, 0.05) is 24.7 Å². The van der Waals surface area contributed by atoms with Gasteiger partial charge >= 0.3 is 18.1 Å². The fourth-order valence-electron chi connectivity index (χ4n) is 3.35. The van der Waals surface area contributed by atoms with Crippen LogP contribution in [0.15, 0.2) is 12.1 Å². The van der Waals surface area contributed by atoms with Crippen molar-refractivity contribution in [2.45, 2.75) is 25.4 Å². The standard InChI is InChI=1S/C17H18FN3O6/c1-3-26-12(22)8-21-14(23)17(27-16(21)25)5-4-9-6-10(20-15(24)19-2)7-11(18)13(9)17/h6-7H,3-5,8H2,1-2H3,(H2,19,20,24). The van der Waals surface area contributed by atoms with E-state index in [1.807, 2.05) is 0 Å². The van der Waals surface area contributed by atoms with Crippen LogP contribution >= 0.6 is 0 Å². The summed E-state index contributed by atoms with van der Waals surface area (Å²) in [6.07, 6.45) is -0.707. The van der Waals surface area contributed by atoms with Crippen molar-refractivity contribution < 1.29 is 33.0 Å². The summed E-state index contributed by atoms with van der Waals surface area (Å²) in [6, 6.07) is 2.05. The van der Waals surface area contributed by atoms with Crippen molar-refractivity contribution in [2.75, 3.05) is 25.5 Å². The minimum absolute atomic E-state index is 0.0466. The number of halogens is 1. The van der Waals surface area contributed by atoms with Gasteiger partial charge in [-0.3, -0.25) is 9.59 Å². The number of hydrogen-bond donors (Lipinski definition) is 2. The van der Waals surface area contributed by atoms with Gasteiger partial charge in [0.1, 0.15) is 12.4 Å². The Morgan fingerprint density at radius 3 is 2.78 bits per heavy atom. The average Bonchev–Trinajstić information content (AvgIpc) is 3.09. The van der Waals surface area contributed by atoms with E-state index in [1.165, 1.54) is 13.1 Å². The normalized spacial score (nSPS) is 20.5. The zero-order valence-corrected chi connectivity index (χ0v) is 14.8. The van der Waals surface area contributed by atoms with Gasteiger partial charge in [-0.05, 0) is 31.0 Å². The van der Waals surface area contributed by atoms with E-state index in [2.05, 4.69) is 10.6 Å². The lowest BCUT2D eigenvalue weighted by molar-refractivity contribution is -0.148. The molecule has 1 fully saturated rings. The Morgan fingerprint density at radius 2 is 2.11 bits per heavy atom. The van der Waals surface area contributed by atoms with Crippen LogP contribution in [-0.2, 0) is 31.1 Å². The smallest absolute Gasteiger partial charge is 0.418 e. The number of imide groups is 1. The van der Waals surface area contributed by atoms with Crippen molar-refractivity contribution in [2.24, 2.45) is 0 Å². The van der Waals surface area contributed by atoms with Crippen LogP contribution in [0.3, 0.4) is 0 Å². The highest BCUT2D eigenvalue weighted by molar-refractivity contribution is 6.06. The summed E-state index contributed by atoms with van der Waals surface area (Å²) >= 11 is 0. The van der Waals surface area contributed by atoms with Gasteiger partial charge in [-0.15, -0.1) is 0 Å². The molecule has 2 N–H and O–H groups in total. The Morgan fingerprint density at radius 1 is 1.37 bits per heavy atom. The van der Waals surface area contributed by atoms with Crippen LogP contribution in [0.2, 0.25) is 0 Å². The summed E-state index contributed by atoms with van der Waals surface area (Å²) in [5.41, 5.74) is -1.19. The van der Waals surface area contributed by atoms with Crippen LogP contribution in [-0.4, -0.2) is 49.1 Å². The van der Waals surface area contributed by atoms with Crippen LogP contribution in [0, 0.1) is 5.82 Å². The van der Waals surface area contributed by atoms with E-state index in [-0.39, 0.29) is 30.7 Å². The van der Waals surface area contributed by atoms with Crippen molar-refractivity contribution in [3.63, 3.8) is 0 Å². The van der Waals surface area contributed by atoms with E-state index in [1.54, 1.807) is 6.92 Å². The molecule has 1 atom stereocenters. The predicted octanol–water partition coefficient (Wildman–Crippen LogP) is 1.26. The quantitative estimate of drug-likeness (QED) is 0.762. The lowest BCUT2D eigenvalue weighted by Crippen LogP contribution is -2.40. The number of urea groups is 1. The first-order valence-corrected chi connectivity index (χ1v) is 8.34. The Hall–Kier alpha value is -3.17. The summed E-state index contributed by atoms with van der Waals surface area (Å²) in [5.74, 6) is -2.34. The first-order valence-electron chi connectivity index (χ1n) is 8.34. The summed E-state index contributed by atoms with van der Waals surface area (Å²) in [7, 11) is 1.42. The molecule has 0 bridgehead atoms. The third kappa shape index (κ3) is 3.07. The molecule has 1 aromatic carbocycles. The molecule has 1 aliphatic heterocycles. The molecular formula is C17H18FN3O6. The number of ether oxygens (including phenoxy) is 2. The first-order chi connectivity index (χ1) is 12.8. The Kier molecular flexibility index (Phi) is 4.73. The Labute approximate surface area is 153 Å². The van der Waals surface area contributed by atoms with Crippen LogP contribution < -0.4 is 10.6 Å². The number of benzene rings is 1. The highest BCUT2D eigenvalue weighted by Crippen LogP contribution is 2.47. The van der Waals surface area contributed by atoms with Gasteiger partial charge in [0.25, 0.3) is 5.91 Å². The molecule has 4 amide bonds. The predicted molar refractivity (Wildman–Crippen MR) is 89.3 cm³/mol. The Balaban J connectivity index is 1.92. The largest absolute Gasteiger partial charge is 0.465 e. The lowest BCUT2D eigenvalue weighted by Gasteiger charge is -2.21. The molecule has 1 aromatic rings. The second-order valence-corrected chi connectivity index (χ2v) is 6.09. The molecule has 1 unspecified atom stereocenters. The molecule has 27 heavy (non-hydrogen) atoms. The van der Waals surface area contributed by atoms with Crippen molar-refractivity contribution >= 4 is 29.7 Å². The molecule has 10 heteroatoms. The summed E-state index contributed by atoms with van der Waals surface area (Å²) in [6.45, 7) is 1.09. The lowest BCUT2D eigenvalue weighted by atomic mass is 9.94. The first kappa shape index (κ1) is 18.6. The molecule has 9 nitrogen and oxygen atoms in total. The molecule has 0 saturated carbocycles. The third-order valence-electron chi connectivity index (χ3n) is 4.47. The van der Waals surface area contributed by atoms with E-state index in [0.717, 1.165) is 6.07 Å². The van der Waals surface area contributed by atoms with Gasteiger partial charge in [-0.1, -0.05) is 0 Å². The zero-order valence-electron chi connectivity index (χ0n) is 14.8. The van der Waals surface area contributed by atoms with E-state index in [9.17, 15) is 23.6 Å². The van der Waals surface area contributed by atoms with E-state index in [4.69, 9.17) is 9.47 Å². The number of rotatable bonds is 4. The van der Waals surface area contributed by atoms with Crippen molar-refractivity contribution in [3.8, 4) is 0 Å². The number of carbonyl (C=O) groups excluding carboxylic acids is 4. The number of nitrogens with one attached hydrogen (secondary N) is 2. The number of esters is 1. The number of amides is 4. The maximum absolute atomic E-state index is 14.8. The Bertz CT molecular complexity index is 842. The number of nitrogens with zero attached hydrogens (tertiary/aromatic N) is 1. The molecule has 1 saturated heterocycles. The summed E-state index contributed by atoms with van der Waals surface area (Å²) in [4.78, 5) is 48.7. The fraction of sp³-hybridized carbons (Fsp3) is 0.412. The number of carbonyl (C=O) groups is 4. The minimum Gasteiger partial charge on any atom is -0.465 e. The number of aryl methyl sites for hydroxylation is 1. The van der Waals surface area contributed by atoms with Crippen LogP contribution in [0.5, 0.6) is 0 Å². The SMILES string of the molecule is CCOC(=O)CN1C(=O)OC2(CCc3cc(NC(=O)NC)cc(F)c32)C1=O. The molecule has 3 rings (SSSR count). The number of fused-ring (bicyclic) bond motifs is 2. The van der Waals surface area contributed by atoms with Gasteiger partial charge < -0.3 is 20.1 Å². The van der Waals surface area contributed by atoms with Crippen molar-refractivity contribution in [1.29, 1.82) is 0 Å². The third-order valence-corrected chi connectivity index (χ3v) is 4.47. The molecular weight excluding hydrogens is 361 g/mol. The van der Waals surface area contributed by atoms with Crippen LogP contribution in [0.1, 0.15) is 24.5 Å². The maximum Gasteiger partial charge on any atom is 0.418 e. The summed E-state index contributed by atoms with van der Waals surface area (Å²) in [5, 5.41) is 4.81. The van der Waals surface area contributed by atoms with E-state index in [0.29, 0.717) is 10.5 Å². The maximum atomic E-state index is 14.8. The van der Waals surface area contributed by atoms with Crippen molar-refractivity contribution in [3.05, 3.63) is 29.1 Å². The second-order valence-electron chi connectivity index (χ2n) is 6.09. The van der Waals surface area contributed by atoms with Gasteiger partial charge in [0.15, 0.2) is 0 Å². The van der Waals surface area contributed by atoms with Gasteiger partial charge in [0.05, 0.1) is 6.61 Å². The second kappa shape index (κ2) is 6.86. The molecule has 2 aliphatic rings. The molecule has 1 aliphatic carbocycles. The molecule has 1 spiro atoms. The average molecular weight is 379 g/mol. The number of anilines is 1. The molecule has 0 radical (unpaired) electrons. The highest BCUT2D eigenvalue weighted by Gasteiger charge is 2.59. The van der Waals surface area contributed by atoms with Crippen molar-refractivity contribution in [1.82, 2.24) is 10.2 Å². The fourth-order valence-corrected chi connectivity index (χ4v) is 3.35. The van der Waals surface area contributed by atoms with Gasteiger partial charge in [-0.25, -0.2) is 18.9 Å². The van der Waals surface area contributed by atoms with Gasteiger partial charge in [-0.2, -0.15) is 0 Å². The van der Waals surface area contributed by atoms with Crippen LogP contribution in [0.25, 0.3) is 0 Å². The van der Waals surface area contributed by atoms with Gasteiger partial charge in [0.2, 0.25) is 5.60 Å². The molecule has 0 aromatic heterocycles.